The van der Waals surface area contributed by atoms with Crippen LogP contribution in [0.1, 0.15) is 10.4 Å². The van der Waals surface area contributed by atoms with E-state index in [9.17, 15) is 27.1 Å². The second-order valence-corrected chi connectivity index (χ2v) is 9.33. The summed E-state index contributed by atoms with van der Waals surface area (Å²) in [5.74, 6) is -1.21. The van der Waals surface area contributed by atoms with E-state index < -0.39 is 40.6 Å². The number of amides is 1. The molecule has 2 atom stereocenters. The highest BCUT2D eigenvalue weighted by Gasteiger charge is 2.39. The van der Waals surface area contributed by atoms with Gasteiger partial charge in [0, 0.05) is 18.8 Å². The zero-order valence-corrected chi connectivity index (χ0v) is 18.7. The Hall–Kier alpha value is -1.24. The predicted molar refractivity (Wildman–Crippen MR) is 114 cm³/mol. The van der Waals surface area contributed by atoms with E-state index in [-0.39, 0.29) is 45.7 Å². The molecule has 1 aliphatic rings. The molecule has 0 aliphatic carbocycles. The summed E-state index contributed by atoms with van der Waals surface area (Å²) in [6.45, 7) is -0.853. The number of carbonyl (C=O) groups excluding carboxylic acids is 1. The number of hydrogen-bond donors (Lipinski definition) is 2. The van der Waals surface area contributed by atoms with Crippen LogP contribution in [-0.4, -0.2) is 49.1 Å². The van der Waals surface area contributed by atoms with Gasteiger partial charge in [-0.3, -0.25) is 4.79 Å². The highest BCUT2D eigenvalue weighted by Crippen LogP contribution is 2.27. The Kier molecular flexibility index (Phi) is 7.68. The maximum absolute atomic E-state index is 13.5. The molecule has 2 N–H and O–H groups in total. The molecule has 2 aromatic rings. The van der Waals surface area contributed by atoms with Crippen molar-refractivity contribution in [2.24, 2.45) is 0 Å². The molecule has 0 spiro atoms. The van der Waals surface area contributed by atoms with E-state index >= 15 is 0 Å². The normalized spacial score (nSPS) is 19.6. The van der Waals surface area contributed by atoms with Crippen LogP contribution in [0.5, 0.6) is 0 Å². The number of benzene rings is 2. The van der Waals surface area contributed by atoms with Crippen LogP contribution in [0.25, 0.3) is 0 Å². The second-order valence-electron chi connectivity index (χ2n) is 6.13. The van der Waals surface area contributed by atoms with Crippen LogP contribution in [0.2, 0.25) is 5.02 Å². The van der Waals surface area contributed by atoms with Gasteiger partial charge in [-0.2, -0.15) is 17.8 Å². The van der Waals surface area contributed by atoms with Crippen LogP contribution >= 0.6 is 41.0 Å². The van der Waals surface area contributed by atoms with Gasteiger partial charge in [-0.05, 0) is 52.3 Å². The lowest BCUT2D eigenvalue weighted by Gasteiger charge is -2.16. The first kappa shape index (κ1) is 24.0. The molecule has 0 bridgehead atoms. The van der Waals surface area contributed by atoms with E-state index in [2.05, 4.69) is 21.2 Å². The number of hydrogen-bond acceptors (Lipinski definition) is 4. The fourth-order valence-electron chi connectivity index (χ4n) is 2.67. The lowest BCUT2D eigenvalue weighted by atomic mass is 10.2. The first-order chi connectivity index (χ1) is 13.1. The summed E-state index contributed by atoms with van der Waals surface area (Å²) in [6, 6.07) is 7.33. The Morgan fingerprint density at radius 1 is 1.24 bits per heavy atom. The molecule has 3 rings (SSSR count). The van der Waals surface area contributed by atoms with E-state index in [1.807, 2.05) is 0 Å². The van der Waals surface area contributed by atoms with Crippen LogP contribution < -0.4 is 5.32 Å². The van der Waals surface area contributed by atoms with Crippen molar-refractivity contribution >= 4 is 62.6 Å². The lowest BCUT2D eigenvalue weighted by molar-refractivity contribution is 0.102. The Morgan fingerprint density at radius 3 is 2.52 bits per heavy atom. The van der Waals surface area contributed by atoms with Crippen molar-refractivity contribution in [3.05, 3.63) is 57.3 Å². The monoisotopic (exact) mass is 528 g/mol. The van der Waals surface area contributed by atoms with Gasteiger partial charge in [-0.15, -0.1) is 0 Å². The van der Waals surface area contributed by atoms with Gasteiger partial charge in [0.15, 0.2) is 0 Å². The van der Waals surface area contributed by atoms with Gasteiger partial charge in [0.2, 0.25) is 10.0 Å². The molecule has 2 aromatic carbocycles. The molecule has 0 radical (unpaired) electrons. The summed E-state index contributed by atoms with van der Waals surface area (Å²) in [4.78, 5) is 12.3. The van der Waals surface area contributed by atoms with Crippen LogP contribution in [0.3, 0.4) is 0 Å². The van der Waals surface area contributed by atoms with Crippen molar-refractivity contribution in [1.82, 2.24) is 4.31 Å². The molecular weight excluding hydrogens is 514 g/mol. The molecule has 6 nitrogen and oxygen atoms in total. The average molecular weight is 530 g/mol. The number of alkyl halides is 1. The summed E-state index contributed by atoms with van der Waals surface area (Å²) in [5.41, 5.74) is 0.144. The molecule has 1 amide bonds. The second kappa shape index (κ2) is 9.27. The third-order valence-corrected chi connectivity index (χ3v) is 6.95. The quantitative estimate of drug-likeness (QED) is 0.636. The van der Waals surface area contributed by atoms with Gasteiger partial charge in [0.1, 0.15) is 18.1 Å². The standard InChI is InChI=1S/C17H14BrClF2N2O4S.H2S/c18-12-5-9(1-4-14(12)20)22-17(25)11-6-10(2-3-13(11)19)28(26,27)23-7-15(21)16(24)8-23;/h1-6,15-16,24H,7-8H2,(H,22,25);1H2. The van der Waals surface area contributed by atoms with Crippen molar-refractivity contribution < 1.29 is 27.1 Å². The molecule has 1 saturated heterocycles. The van der Waals surface area contributed by atoms with Crippen LogP contribution in [0.4, 0.5) is 14.5 Å². The number of sulfonamides is 1. The molecule has 1 heterocycles. The van der Waals surface area contributed by atoms with Gasteiger partial charge >= 0.3 is 0 Å². The highest BCUT2D eigenvalue weighted by atomic mass is 79.9. The number of aliphatic hydroxyl groups excluding tert-OH is 1. The zero-order valence-electron chi connectivity index (χ0n) is 14.6. The largest absolute Gasteiger partial charge is 0.389 e. The Balaban J connectivity index is 0.00000300. The summed E-state index contributed by atoms with van der Waals surface area (Å²) in [6.07, 6.45) is -3.08. The summed E-state index contributed by atoms with van der Waals surface area (Å²) in [7, 11) is -4.12. The Bertz CT molecular complexity index is 1030. The smallest absolute Gasteiger partial charge is 0.257 e. The molecule has 29 heavy (non-hydrogen) atoms. The number of anilines is 1. The number of β-amino-alcohol motifs (C(OH)–C–C–N with tert-alkyl or cyclic N) is 1. The topological polar surface area (TPSA) is 86.7 Å². The minimum absolute atomic E-state index is 0. The molecule has 0 saturated carbocycles. The highest BCUT2D eigenvalue weighted by molar-refractivity contribution is 9.10. The van der Waals surface area contributed by atoms with E-state index in [1.54, 1.807) is 0 Å². The Labute approximate surface area is 186 Å². The number of halogens is 4. The minimum atomic E-state index is -4.12. The third kappa shape index (κ3) is 5.09. The van der Waals surface area contributed by atoms with Crippen LogP contribution in [0, 0.1) is 5.82 Å². The predicted octanol–water partition coefficient (Wildman–Crippen LogP) is 3.31. The van der Waals surface area contributed by atoms with Crippen molar-refractivity contribution in [1.29, 1.82) is 0 Å². The maximum Gasteiger partial charge on any atom is 0.257 e. The van der Waals surface area contributed by atoms with Crippen molar-refractivity contribution in [3.8, 4) is 0 Å². The molecule has 1 aliphatic heterocycles. The molecule has 0 aromatic heterocycles. The number of aliphatic hydroxyl groups is 1. The van der Waals surface area contributed by atoms with Gasteiger partial charge in [0.25, 0.3) is 5.91 Å². The van der Waals surface area contributed by atoms with Gasteiger partial charge in [-0.1, -0.05) is 11.6 Å². The van der Waals surface area contributed by atoms with Crippen molar-refractivity contribution in [2.75, 3.05) is 18.4 Å². The first-order valence-electron chi connectivity index (χ1n) is 7.98. The average Bonchev–Trinajstić information content (AvgIpc) is 2.98. The fraction of sp³-hybridized carbons (Fsp3) is 0.235. The lowest BCUT2D eigenvalue weighted by Crippen LogP contribution is -2.30. The zero-order chi connectivity index (χ0) is 20.6. The number of carbonyl (C=O) groups is 1. The molecular formula is C17H16BrClF2N2O4S2. The number of nitrogens with zero attached hydrogens (tertiary/aromatic N) is 1. The summed E-state index contributed by atoms with van der Waals surface area (Å²) >= 11 is 9.03. The van der Waals surface area contributed by atoms with Gasteiger partial charge in [-0.25, -0.2) is 17.2 Å². The summed E-state index contributed by atoms with van der Waals surface area (Å²) in [5, 5.41) is 12.0. The molecule has 2 unspecified atom stereocenters. The minimum Gasteiger partial charge on any atom is -0.389 e. The van der Waals surface area contributed by atoms with E-state index in [0.29, 0.717) is 0 Å². The van der Waals surface area contributed by atoms with E-state index in [0.717, 1.165) is 16.4 Å². The molecule has 158 valence electrons. The van der Waals surface area contributed by atoms with Gasteiger partial charge < -0.3 is 10.4 Å². The third-order valence-electron chi connectivity index (χ3n) is 4.18. The fourth-order valence-corrected chi connectivity index (χ4v) is 4.74. The maximum atomic E-state index is 13.5. The summed E-state index contributed by atoms with van der Waals surface area (Å²) < 4.78 is 53.1. The SMILES string of the molecule is O=C(Nc1ccc(F)c(Br)c1)c1cc(S(=O)(=O)N2CC(O)C(F)C2)ccc1Cl.S. The van der Waals surface area contributed by atoms with E-state index in [4.69, 9.17) is 11.6 Å². The van der Waals surface area contributed by atoms with Gasteiger partial charge in [0.05, 0.1) is 20.0 Å². The molecule has 1 fully saturated rings. The van der Waals surface area contributed by atoms with Crippen molar-refractivity contribution in [3.63, 3.8) is 0 Å². The number of nitrogens with one attached hydrogen (secondary N) is 1. The van der Waals surface area contributed by atoms with Crippen molar-refractivity contribution in [2.45, 2.75) is 17.2 Å². The van der Waals surface area contributed by atoms with Crippen LogP contribution in [-0.2, 0) is 10.0 Å². The first-order valence-corrected chi connectivity index (χ1v) is 10.6. The van der Waals surface area contributed by atoms with E-state index in [1.165, 1.54) is 24.3 Å². The number of rotatable bonds is 4. The Morgan fingerprint density at radius 2 is 1.93 bits per heavy atom. The molecule has 12 heteroatoms. The van der Waals surface area contributed by atoms with Crippen LogP contribution in [0.15, 0.2) is 45.8 Å².